The average Bonchev–Trinajstić information content (AvgIpc) is 2.85. The Bertz CT molecular complexity index is 712. The summed E-state index contributed by atoms with van der Waals surface area (Å²) in [7, 11) is -2.12. The first-order valence-corrected chi connectivity index (χ1v) is 8.36. The predicted molar refractivity (Wildman–Crippen MR) is 78.4 cm³/mol. The Morgan fingerprint density at radius 2 is 1.80 bits per heavy atom. The number of carbonyl (C=O) groups is 1. The molecular weight excluding hydrogens is 296 g/mol. The van der Waals surface area contributed by atoms with Crippen molar-refractivity contribution in [3.8, 4) is 5.75 Å². The number of ether oxygens (including phenoxy) is 1. The molecule has 0 aliphatic rings. The molecule has 20 heavy (non-hydrogen) atoms. The minimum Gasteiger partial charge on any atom is -0.497 e. The van der Waals surface area contributed by atoms with Gasteiger partial charge < -0.3 is 4.74 Å². The topological polar surface area (TPSA) is 60.4 Å². The van der Waals surface area contributed by atoms with Crippen LogP contribution < -0.4 is 4.74 Å². The van der Waals surface area contributed by atoms with Crippen LogP contribution in [0.2, 0.25) is 0 Å². The highest BCUT2D eigenvalue weighted by molar-refractivity contribution is 7.92. The van der Waals surface area contributed by atoms with Gasteiger partial charge in [-0.3, -0.25) is 4.79 Å². The lowest BCUT2D eigenvalue weighted by Crippen LogP contribution is -2.15. The zero-order valence-electron chi connectivity index (χ0n) is 11.1. The van der Waals surface area contributed by atoms with Crippen molar-refractivity contribution < 1.29 is 17.9 Å². The van der Waals surface area contributed by atoms with Crippen molar-refractivity contribution in [2.75, 3.05) is 12.9 Å². The van der Waals surface area contributed by atoms with Gasteiger partial charge in [-0.1, -0.05) is 0 Å². The van der Waals surface area contributed by atoms with E-state index in [1.165, 1.54) is 30.6 Å². The molecule has 0 fully saturated rings. The molecule has 0 amide bonds. The van der Waals surface area contributed by atoms with Crippen LogP contribution in [0.1, 0.15) is 14.5 Å². The normalized spacial score (nSPS) is 11.3. The maximum Gasteiger partial charge on any atom is 0.188 e. The standard InChI is InChI=1S/C14H14O4S2/c1-10-3-8-14(19-10)13(15)9-20(16,17)12-6-4-11(18-2)5-7-12/h3-8H,9H2,1-2H3. The summed E-state index contributed by atoms with van der Waals surface area (Å²) in [4.78, 5) is 13.6. The quantitative estimate of drug-likeness (QED) is 0.797. The summed E-state index contributed by atoms with van der Waals surface area (Å²) in [6.45, 7) is 1.87. The third kappa shape index (κ3) is 3.26. The molecule has 106 valence electrons. The van der Waals surface area contributed by atoms with Gasteiger partial charge >= 0.3 is 0 Å². The first kappa shape index (κ1) is 14.7. The number of hydrogen-bond donors (Lipinski definition) is 0. The van der Waals surface area contributed by atoms with Gasteiger partial charge in [-0.25, -0.2) is 8.42 Å². The number of aryl methyl sites for hydroxylation is 1. The maximum absolute atomic E-state index is 12.2. The van der Waals surface area contributed by atoms with E-state index in [0.29, 0.717) is 10.6 Å². The van der Waals surface area contributed by atoms with Crippen molar-refractivity contribution >= 4 is 27.0 Å². The van der Waals surface area contributed by atoms with Crippen LogP contribution in [0.3, 0.4) is 0 Å². The molecule has 2 aromatic rings. The van der Waals surface area contributed by atoms with Gasteiger partial charge in [0.05, 0.1) is 16.9 Å². The molecule has 1 aromatic heterocycles. The van der Waals surface area contributed by atoms with Crippen molar-refractivity contribution in [3.63, 3.8) is 0 Å². The van der Waals surface area contributed by atoms with E-state index in [2.05, 4.69) is 0 Å². The van der Waals surface area contributed by atoms with E-state index >= 15 is 0 Å². The van der Waals surface area contributed by atoms with E-state index in [1.54, 1.807) is 24.3 Å². The summed E-state index contributed by atoms with van der Waals surface area (Å²) in [6, 6.07) is 9.48. The van der Waals surface area contributed by atoms with E-state index in [4.69, 9.17) is 4.74 Å². The first-order valence-electron chi connectivity index (χ1n) is 5.89. The first-order chi connectivity index (χ1) is 9.42. The summed E-state index contributed by atoms with van der Waals surface area (Å²) >= 11 is 1.30. The van der Waals surface area contributed by atoms with E-state index in [0.717, 1.165) is 4.88 Å². The summed E-state index contributed by atoms with van der Waals surface area (Å²) in [5.74, 6) is -0.317. The van der Waals surface area contributed by atoms with Gasteiger partial charge in [0.1, 0.15) is 11.5 Å². The zero-order chi connectivity index (χ0) is 14.8. The number of sulfone groups is 1. The fraction of sp³-hybridized carbons (Fsp3) is 0.214. The molecule has 0 radical (unpaired) electrons. The second kappa shape index (κ2) is 5.76. The number of benzene rings is 1. The van der Waals surface area contributed by atoms with E-state index in [-0.39, 0.29) is 10.7 Å². The lowest BCUT2D eigenvalue weighted by Gasteiger charge is -2.04. The molecule has 0 aliphatic carbocycles. The van der Waals surface area contributed by atoms with Crippen LogP contribution in [0.15, 0.2) is 41.3 Å². The second-order valence-electron chi connectivity index (χ2n) is 4.27. The lowest BCUT2D eigenvalue weighted by atomic mass is 10.3. The highest BCUT2D eigenvalue weighted by atomic mass is 32.2. The van der Waals surface area contributed by atoms with Crippen molar-refractivity contribution in [2.24, 2.45) is 0 Å². The van der Waals surface area contributed by atoms with Crippen LogP contribution in [0, 0.1) is 6.92 Å². The minimum absolute atomic E-state index is 0.125. The summed E-state index contributed by atoms with van der Waals surface area (Å²) in [6.07, 6.45) is 0. The van der Waals surface area contributed by atoms with Crippen LogP contribution in [0.5, 0.6) is 5.75 Å². The van der Waals surface area contributed by atoms with Gasteiger partial charge in [0.15, 0.2) is 15.6 Å². The molecule has 0 saturated heterocycles. The van der Waals surface area contributed by atoms with Crippen LogP contribution in [-0.4, -0.2) is 27.1 Å². The Morgan fingerprint density at radius 3 is 2.30 bits per heavy atom. The zero-order valence-corrected chi connectivity index (χ0v) is 12.8. The number of thiophene rings is 1. The monoisotopic (exact) mass is 310 g/mol. The molecule has 0 bridgehead atoms. The van der Waals surface area contributed by atoms with Gasteiger partial charge in [0.2, 0.25) is 0 Å². The number of rotatable bonds is 5. The van der Waals surface area contributed by atoms with Crippen molar-refractivity contribution in [1.82, 2.24) is 0 Å². The Morgan fingerprint density at radius 1 is 1.15 bits per heavy atom. The molecule has 0 N–H and O–H groups in total. The van der Waals surface area contributed by atoms with Crippen LogP contribution >= 0.6 is 11.3 Å². The summed E-state index contributed by atoms with van der Waals surface area (Å²) < 4.78 is 29.3. The molecule has 0 unspecified atom stereocenters. The fourth-order valence-corrected chi connectivity index (χ4v) is 3.81. The van der Waals surface area contributed by atoms with Crippen LogP contribution in [-0.2, 0) is 9.84 Å². The fourth-order valence-electron chi connectivity index (χ4n) is 1.69. The summed E-state index contributed by atoms with van der Waals surface area (Å²) in [5.41, 5.74) is 0. The minimum atomic E-state index is -3.62. The maximum atomic E-state index is 12.2. The molecule has 1 heterocycles. The molecule has 0 atom stereocenters. The smallest absolute Gasteiger partial charge is 0.188 e. The number of carbonyl (C=O) groups excluding carboxylic acids is 1. The average molecular weight is 310 g/mol. The molecule has 1 aromatic carbocycles. The van der Waals surface area contributed by atoms with Gasteiger partial charge in [-0.05, 0) is 43.3 Å². The van der Waals surface area contributed by atoms with Gasteiger partial charge in [0.25, 0.3) is 0 Å². The lowest BCUT2D eigenvalue weighted by molar-refractivity contribution is 0.102. The van der Waals surface area contributed by atoms with Crippen molar-refractivity contribution in [3.05, 3.63) is 46.2 Å². The second-order valence-corrected chi connectivity index (χ2v) is 7.55. The van der Waals surface area contributed by atoms with Crippen molar-refractivity contribution in [1.29, 1.82) is 0 Å². The third-order valence-electron chi connectivity index (χ3n) is 2.75. The van der Waals surface area contributed by atoms with Crippen molar-refractivity contribution in [2.45, 2.75) is 11.8 Å². The van der Waals surface area contributed by atoms with Crippen LogP contribution in [0.4, 0.5) is 0 Å². The third-order valence-corrected chi connectivity index (χ3v) is 5.43. The molecular formula is C14H14O4S2. The number of Topliss-reactive ketones (excluding diaryl/α,β-unsaturated/α-hetero) is 1. The van der Waals surface area contributed by atoms with E-state index < -0.39 is 15.6 Å². The molecule has 0 saturated carbocycles. The molecule has 6 heteroatoms. The van der Waals surface area contributed by atoms with Crippen LogP contribution in [0.25, 0.3) is 0 Å². The highest BCUT2D eigenvalue weighted by Gasteiger charge is 2.21. The molecule has 2 rings (SSSR count). The number of hydrogen-bond acceptors (Lipinski definition) is 5. The van der Waals surface area contributed by atoms with Gasteiger partial charge in [0, 0.05) is 4.88 Å². The van der Waals surface area contributed by atoms with E-state index in [9.17, 15) is 13.2 Å². The Labute approximate surface area is 121 Å². The van der Waals surface area contributed by atoms with E-state index in [1.807, 2.05) is 6.92 Å². The van der Waals surface area contributed by atoms with Gasteiger partial charge in [-0.2, -0.15) is 0 Å². The summed E-state index contributed by atoms with van der Waals surface area (Å²) in [5, 5.41) is 0. The number of methoxy groups -OCH3 is 1. The SMILES string of the molecule is COc1ccc(S(=O)(=O)CC(=O)c2ccc(C)s2)cc1. The molecule has 0 aliphatic heterocycles. The van der Waals surface area contributed by atoms with Gasteiger partial charge in [-0.15, -0.1) is 11.3 Å². The Balaban J connectivity index is 2.20. The predicted octanol–water partition coefficient (Wildman–Crippen LogP) is 2.72. The molecule has 0 spiro atoms. The Kier molecular flexibility index (Phi) is 4.25. The number of ketones is 1. The Hall–Kier alpha value is -1.66. The highest BCUT2D eigenvalue weighted by Crippen LogP contribution is 2.20. The largest absolute Gasteiger partial charge is 0.497 e. The molecule has 4 nitrogen and oxygen atoms in total.